The number of aliphatic hydroxyl groups excluding tert-OH is 2. The number of benzene rings is 1. The van der Waals surface area contributed by atoms with Crippen LogP contribution in [0.1, 0.15) is 85.0 Å². The van der Waals surface area contributed by atoms with Crippen LogP contribution in [0.25, 0.3) is 10.9 Å². The molecule has 0 saturated heterocycles. The van der Waals surface area contributed by atoms with Crippen LogP contribution in [0, 0.1) is 46.3 Å². The average molecular weight is 694 g/mol. The van der Waals surface area contributed by atoms with E-state index in [0.717, 1.165) is 60.3 Å². The largest absolute Gasteiger partial charge is 0.493 e. The van der Waals surface area contributed by atoms with E-state index in [2.05, 4.69) is 67.8 Å². The number of carbonyl (C=O) groups excluding carboxylic acids is 1. The minimum Gasteiger partial charge on any atom is -0.493 e. The molecule has 10 atom stereocenters. The summed E-state index contributed by atoms with van der Waals surface area (Å²) in [6.07, 6.45) is 8.93. The SMILES string of the molecule is C[C@H](CCC(=O)N=Nc1c(O)[nH]c2c(Br)cc(Br)cc12)[C@@H]1CC[C@@H]2[C@H]3[C@H](O)C[C@@H]4C[C@@H](O)CC[C@@]4(C)[C@H]3CC[C@@]21C. The van der Waals surface area contributed by atoms with Crippen molar-refractivity contribution in [1.29, 1.82) is 0 Å². The highest BCUT2D eigenvalue weighted by molar-refractivity contribution is 9.11. The molecule has 4 saturated carbocycles. The monoisotopic (exact) mass is 691 g/mol. The van der Waals surface area contributed by atoms with Crippen LogP contribution in [0.2, 0.25) is 0 Å². The Balaban J connectivity index is 1.11. The quantitative estimate of drug-likeness (QED) is 0.235. The van der Waals surface area contributed by atoms with E-state index in [0.29, 0.717) is 52.8 Å². The number of H-pyrrole nitrogens is 1. The Morgan fingerprint density at radius 3 is 2.59 bits per heavy atom. The number of amides is 1. The van der Waals surface area contributed by atoms with Gasteiger partial charge in [-0.3, -0.25) is 4.79 Å². The molecule has 0 radical (unpaired) electrons. The van der Waals surface area contributed by atoms with Crippen LogP contribution in [0.4, 0.5) is 5.69 Å². The summed E-state index contributed by atoms with van der Waals surface area (Å²) in [5, 5.41) is 41.0. The third-order valence-corrected chi connectivity index (χ3v) is 13.4. The van der Waals surface area contributed by atoms with Gasteiger partial charge in [0.1, 0.15) is 0 Å². The maximum atomic E-state index is 12.8. The molecule has 4 N–H and O–H groups in total. The summed E-state index contributed by atoms with van der Waals surface area (Å²) in [7, 11) is 0. The molecular formula is C32H43Br2N3O4. The summed E-state index contributed by atoms with van der Waals surface area (Å²) in [6.45, 7) is 7.20. The van der Waals surface area contributed by atoms with Gasteiger partial charge in [0.15, 0.2) is 5.69 Å². The van der Waals surface area contributed by atoms with Gasteiger partial charge in [0.2, 0.25) is 5.88 Å². The van der Waals surface area contributed by atoms with Crippen molar-refractivity contribution in [3.63, 3.8) is 0 Å². The number of rotatable bonds is 5. The maximum absolute atomic E-state index is 12.8. The molecule has 1 amide bonds. The average Bonchev–Trinajstić information content (AvgIpc) is 3.43. The van der Waals surface area contributed by atoms with Gasteiger partial charge >= 0.3 is 0 Å². The molecule has 1 heterocycles. The highest BCUT2D eigenvalue weighted by atomic mass is 79.9. The van der Waals surface area contributed by atoms with Crippen LogP contribution in [0.3, 0.4) is 0 Å². The molecule has 4 fully saturated rings. The molecule has 7 nitrogen and oxygen atoms in total. The Kier molecular flexibility index (Phi) is 7.99. The predicted molar refractivity (Wildman–Crippen MR) is 166 cm³/mol. The zero-order valence-corrected chi connectivity index (χ0v) is 27.4. The topological polar surface area (TPSA) is 118 Å². The van der Waals surface area contributed by atoms with Gasteiger partial charge < -0.3 is 20.3 Å². The third kappa shape index (κ3) is 5.04. The molecular weight excluding hydrogens is 650 g/mol. The van der Waals surface area contributed by atoms with Crippen LogP contribution in [0.5, 0.6) is 5.88 Å². The lowest BCUT2D eigenvalue weighted by molar-refractivity contribution is -0.174. The number of hydrogen-bond donors (Lipinski definition) is 4. The van der Waals surface area contributed by atoms with E-state index >= 15 is 0 Å². The van der Waals surface area contributed by atoms with E-state index in [4.69, 9.17) is 0 Å². The van der Waals surface area contributed by atoms with Crippen molar-refractivity contribution >= 4 is 54.4 Å². The summed E-state index contributed by atoms with van der Waals surface area (Å²) in [4.78, 5) is 15.7. The molecule has 0 spiro atoms. The number of nitrogens with zero attached hydrogens (tertiary/aromatic N) is 2. The van der Waals surface area contributed by atoms with Gasteiger partial charge in [0, 0.05) is 20.8 Å². The number of aromatic hydroxyl groups is 1. The number of hydrogen-bond acceptors (Lipinski definition) is 5. The summed E-state index contributed by atoms with van der Waals surface area (Å²) in [5.41, 5.74) is 1.38. The van der Waals surface area contributed by atoms with Gasteiger partial charge in [-0.2, -0.15) is 0 Å². The molecule has 224 valence electrons. The van der Waals surface area contributed by atoms with Crippen LogP contribution >= 0.6 is 31.9 Å². The number of aromatic amines is 1. The molecule has 41 heavy (non-hydrogen) atoms. The second kappa shape index (κ2) is 11.0. The fraction of sp³-hybridized carbons (Fsp3) is 0.719. The number of carbonyl (C=O) groups is 1. The molecule has 0 bridgehead atoms. The van der Waals surface area contributed by atoms with Crippen molar-refractivity contribution in [3.05, 3.63) is 21.1 Å². The lowest BCUT2D eigenvalue weighted by atomic mass is 9.43. The Morgan fingerprint density at radius 1 is 1.07 bits per heavy atom. The van der Waals surface area contributed by atoms with Gasteiger partial charge in [0.25, 0.3) is 5.91 Å². The van der Waals surface area contributed by atoms with Gasteiger partial charge in [-0.15, -0.1) is 10.2 Å². The van der Waals surface area contributed by atoms with Crippen LogP contribution in [-0.4, -0.2) is 38.4 Å². The van der Waals surface area contributed by atoms with Crippen molar-refractivity contribution < 1.29 is 20.1 Å². The van der Waals surface area contributed by atoms with E-state index < -0.39 is 0 Å². The molecule has 4 aliphatic carbocycles. The number of azo groups is 1. The lowest BCUT2D eigenvalue weighted by Gasteiger charge is -2.62. The van der Waals surface area contributed by atoms with Crippen molar-refractivity contribution in [2.45, 2.75) is 97.2 Å². The molecule has 0 aliphatic heterocycles. The zero-order chi connectivity index (χ0) is 29.3. The summed E-state index contributed by atoms with van der Waals surface area (Å²) < 4.78 is 1.61. The summed E-state index contributed by atoms with van der Waals surface area (Å²) in [6, 6.07) is 3.71. The van der Waals surface area contributed by atoms with E-state index in [-0.39, 0.29) is 40.5 Å². The minimum absolute atomic E-state index is 0.112. The van der Waals surface area contributed by atoms with Crippen LogP contribution in [0.15, 0.2) is 31.3 Å². The second-order valence-corrected chi connectivity index (χ2v) is 16.0. The number of fused-ring (bicyclic) bond motifs is 6. The highest BCUT2D eigenvalue weighted by Crippen LogP contribution is 2.68. The fourth-order valence-electron chi connectivity index (χ4n) is 10.2. The van der Waals surface area contributed by atoms with Crippen LogP contribution < -0.4 is 0 Å². The van der Waals surface area contributed by atoms with Crippen molar-refractivity contribution in [1.82, 2.24) is 4.98 Å². The van der Waals surface area contributed by atoms with Crippen LogP contribution in [-0.2, 0) is 4.79 Å². The molecule has 9 heteroatoms. The van der Waals surface area contributed by atoms with Crippen molar-refractivity contribution in [3.8, 4) is 5.88 Å². The zero-order valence-electron chi connectivity index (χ0n) is 24.2. The van der Waals surface area contributed by atoms with Gasteiger partial charge in [-0.1, -0.05) is 36.7 Å². The standard InChI is InChI=1S/C32H43Br2N3O4/c1-16(4-7-26(40)36-37-29-20-14-18(33)15-24(34)28(20)35-30(29)41)21-5-6-22-27-23(9-11-32(21,22)3)31(2)10-8-19(38)12-17(31)13-25(27)39/h14-17,19,21-23,25,27,35,38-39,41H,4-13H2,1-3H3/t16-,17+,19+,21+,22-,23+,25-,27-,31-,32-/m1/s1. The Bertz CT molecular complexity index is 1360. The molecule has 2 aromatic rings. The van der Waals surface area contributed by atoms with Gasteiger partial charge in [-0.25, -0.2) is 0 Å². The molecule has 6 rings (SSSR count). The molecule has 1 aromatic heterocycles. The molecule has 4 aliphatic rings. The van der Waals surface area contributed by atoms with E-state index in [1.54, 1.807) is 0 Å². The van der Waals surface area contributed by atoms with E-state index in [1.807, 2.05) is 12.1 Å². The van der Waals surface area contributed by atoms with Crippen molar-refractivity contribution in [2.75, 3.05) is 0 Å². The van der Waals surface area contributed by atoms with E-state index in [9.17, 15) is 20.1 Å². The third-order valence-electron chi connectivity index (χ3n) is 12.3. The maximum Gasteiger partial charge on any atom is 0.264 e. The number of aromatic nitrogens is 1. The minimum atomic E-state index is -0.274. The first-order valence-corrected chi connectivity index (χ1v) is 17.0. The van der Waals surface area contributed by atoms with Gasteiger partial charge in [0.05, 0.1) is 17.7 Å². The summed E-state index contributed by atoms with van der Waals surface area (Å²) >= 11 is 6.95. The van der Waals surface area contributed by atoms with E-state index in [1.165, 1.54) is 6.42 Å². The smallest absolute Gasteiger partial charge is 0.264 e. The molecule has 1 aromatic carbocycles. The first kappa shape index (κ1) is 29.8. The number of aliphatic hydroxyl groups is 2. The number of halogens is 2. The van der Waals surface area contributed by atoms with Gasteiger partial charge in [-0.05, 0) is 132 Å². The first-order chi connectivity index (χ1) is 19.4. The lowest BCUT2D eigenvalue weighted by Crippen LogP contribution is -2.58. The fourth-order valence-corrected chi connectivity index (χ4v) is 11.5. The Labute approximate surface area is 259 Å². The summed E-state index contributed by atoms with van der Waals surface area (Å²) in [5.74, 6) is 2.36. The molecule has 0 unspecified atom stereocenters. The predicted octanol–water partition coefficient (Wildman–Crippen LogP) is 8.42. The second-order valence-electron chi connectivity index (χ2n) is 14.2. The first-order valence-electron chi connectivity index (χ1n) is 15.4. The normalized spacial score (nSPS) is 39.4. The Morgan fingerprint density at radius 2 is 1.80 bits per heavy atom. The number of nitrogens with one attached hydrogen (secondary N) is 1. The highest BCUT2D eigenvalue weighted by Gasteiger charge is 2.62. The Hall–Kier alpha value is -1.29. The van der Waals surface area contributed by atoms with Crippen molar-refractivity contribution in [2.24, 2.45) is 56.6 Å².